The Labute approximate surface area is 64.8 Å². The smallest absolute Gasteiger partial charge is 0.293 e. The molecule has 2 N–H and O–H groups in total. The molecule has 0 aliphatic heterocycles. The van der Waals surface area contributed by atoms with Gasteiger partial charge in [0.15, 0.2) is 5.67 Å². The first-order valence-electron chi connectivity index (χ1n) is 3.52. The van der Waals surface area contributed by atoms with E-state index in [0.717, 1.165) is 6.92 Å². The van der Waals surface area contributed by atoms with Gasteiger partial charge in [0.25, 0.3) is 5.92 Å². The molecule has 0 heterocycles. The van der Waals surface area contributed by atoms with E-state index in [-0.39, 0.29) is 0 Å². The largest absolute Gasteiger partial charge is 0.325 e. The van der Waals surface area contributed by atoms with Crippen molar-refractivity contribution in [1.82, 2.24) is 0 Å². The maximum atomic E-state index is 13.2. The van der Waals surface area contributed by atoms with Gasteiger partial charge in [0.1, 0.15) is 0 Å². The molecule has 0 aromatic heterocycles. The van der Waals surface area contributed by atoms with E-state index >= 15 is 0 Å². The Hall–Kier alpha value is -0.250. The Morgan fingerprint density at radius 3 is 1.73 bits per heavy atom. The van der Waals surface area contributed by atoms with Crippen LogP contribution in [0.2, 0.25) is 0 Å². The molecule has 0 aliphatic rings. The first kappa shape index (κ1) is 10.8. The minimum atomic E-state index is -3.43. The summed E-state index contributed by atoms with van der Waals surface area (Å²) in [5, 5.41) is 0. The van der Waals surface area contributed by atoms with Crippen molar-refractivity contribution >= 4 is 0 Å². The van der Waals surface area contributed by atoms with Crippen LogP contribution >= 0.6 is 0 Å². The van der Waals surface area contributed by atoms with E-state index in [4.69, 9.17) is 5.73 Å². The molecule has 0 fully saturated rings. The highest BCUT2D eigenvalue weighted by Gasteiger charge is 2.51. The van der Waals surface area contributed by atoms with E-state index in [1.807, 2.05) is 0 Å². The van der Waals surface area contributed by atoms with Gasteiger partial charge in [-0.3, -0.25) is 0 Å². The molecular formula is C7H14F3N. The van der Waals surface area contributed by atoms with Gasteiger partial charge in [-0.15, -0.1) is 0 Å². The fourth-order valence-corrected chi connectivity index (χ4v) is 0.622. The van der Waals surface area contributed by atoms with E-state index in [1.165, 1.54) is 13.8 Å². The van der Waals surface area contributed by atoms with Crippen LogP contribution in [-0.4, -0.2) is 18.1 Å². The van der Waals surface area contributed by atoms with Gasteiger partial charge in [-0.2, -0.15) is 0 Å². The van der Waals surface area contributed by atoms with Crippen molar-refractivity contribution in [3.8, 4) is 0 Å². The van der Waals surface area contributed by atoms with Crippen LogP contribution in [0.25, 0.3) is 0 Å². The predicted molar refractivity (Wildman–Crippen MR) is 38.4 cm³/mol. The van der Waals surface area contributed by atoms with E-state index in [9.17, 15) is 13.2 Å². The number of nitrogens with two attached hydrogens (primary N) is 1. The van der Waals surface area contributed by atoms with Crippen LogP contribution in [0.4, 0.5) is 13.2 Å². The van der Waals surface area contributed by atoms with Gasteiger partial charge in [0, 0.05) is 0 Å². The van der Waals surface area contributed by atoms with E-state index < -0.39 is 24.1 Å². The van der Waals surface area contributed by atoms with E-state index in [1.54, 1.807) is 0 Å². The normalized spacial score (nSPS) is 18.5. The molecule has 4 heteroatoms. The maximum Gasteiger partial charge on any atom is 0.293 e. The van der Waals surface area contributed by atoms with Crippen molar-refractivity contribution in [2.45, 2.75) is 32.4 Å². The Morgan fingerprint density at radius 1 is 1.27 bits per heavy atom. The summed E-state index contributed by atoms with van der Waals surface area (Å²) >= 11 is 0. The van der Waals surface area contributed by atoms with Crippen molar-refractivity contribution in [2.75, 3.05) is 6.54 Å². The average Bonchev–Trinajstić information content (AvgIpc) is 1.87. The quantitative estimate of drug-likeness (QED) is 0.686. The monoisotopic (exact) mass is 169 g/mol. The molecule has 11 heavy (non-hydrogen) atoms. The Kier molecular flexibility index (Phi) is 2.94. The third-order valence-electron chi connectivity index (χ3n) is 2.06. The molecule has 0 radical (unpaired) electrons. The molecule has 68 valence electrons. The minimum Gasteiger partial charge on any atom is -0.325 e. The molecule has 1 nitrogen and oxygen atoms in total. The highest BCUT2D eigenvalue weighted by molar-refractivity contribution is 4.92. The lowest BCUT2D eigenvalue weighted by molar-refractivity contribution is -0.142. The lowest BCUT2D eigenvalue weighted by Gasteiger charge is -2.32. The molecule has 0 rings (SSSR count). The third kappa shape index (κ3) is 1.86. The summed E-state index contributed by atoms with van der Waals surface area (Å²) in [6.45, 7) is 2.75. The summed E-state index contributed by atoms with van der Waals surface area (Å²) in [6, 6.07) is 0. The van der Waals surface area contributed by atoms with Gasteiger partial charge in [0.2, 0.25) is 0 Å². The van der Waals surface area contributed by atoms with Gasteiger partial charge in [-0.25, -0.2) is 13.2 Å². The average molecular weight is 169 g/mol. The fraction of sp³-hybridized carbons (Fsp3) is 1.00. The molecule has 1 unspecified atom stereocenters. The minimum absolute atomic E-state index is 0.735. The predicted octanol–water partition coefficient (Wildman–Crippen LogP) is 1.96. The molecule has 0 aromatic rings. The summed E-state index contributed by atoms with van der Waals surface area (Å²) in [6.07, 6.45) is 0. The Morgan fingerprint density at radius 2 is 1.64 bits per heavy atom. The second-order valence-corrected chi connectivity index (χ2v) is 3.14. The summed E-state index contributed by atoms with van der Waals surface area (Å²) in [5.74, 6) is -4.16. The van der Waals surface area contributed by atoms with Gasteiger partial charge in [-0.1, -0.05) is 13.8 Å². The lowest BCUT2D eigenvalue weighted by Crippen LogP contribution is -2.50. The molecule has 0 saturated carbocycles. The van der Waals surface area contributed by atoms with Gasteiger partial charge in [0.05, 0.1) is 6.54 Å². The molecule has 0 aliphatic carbocycles. The molecule has 0 bridgehead atoms. The Balaban J connectivity index is 4.53. The SMILES string of the molecule is CC(C)C(C)(F)C(F)(F)CN. The second kappa shape index (κ2) is 3.01. The number of rotatable bonds is 3. The van der Waals surface area contributed by atoms with Gasteiger partial charge in [-0.05, 0) is 12.8 Å². The third-order valence-corrected chi connectivity index (χ3v) is 2.06. The van der Waals surface area contributed by atoms with Crippen molar-refractivity contribution in [3.63, 3.8) is 0 Å². The molecule has 0 saturated heterocycles. The Bertz CT molecular complexity index is 132. The van der Waals surface area contributed by atoms with Crippen molar-refractivity contribution < 1.29 is 13.2 Å². The van der Waals surface area contributed by atoms with E-state index in [0.29, 0.717) is 0 Å². The summed E-state index contributed by atoms with van der Waals surface area (Å²) in [5.41, 5.74) is 2.23. The van der Waals surface area contributed by atoms with Crippen LogP contribution < -0.4 is 5.73 Å². The first-order valence-corrected chi connectivity index (χ1v) is 3.52. The lowest BCUT2D eigenvalue weighted by atomic mass is 9.88. The zero-order valence-electron chi connectivity index (χ0n) is 7.00. The molecule has 0 amide bonds. The van der Waals surface area contributed by atoms with Crippen LogP contribution in [0.3, 0.4) is 0 Å². The van der Waals surface area contributed by atoms with Crippen LogP contribution in [-0.2, 0) is 0 Å². The summed E-state index contributed by atoms with van der Waals surface area (Å²) < 4.78 is 38.5. The molecule has 0 spiro atoms. The highest BCUT2D eigenvalue weighted by Crippen LogP contribution is 2.37. The zero-order chi connectivity index (χ0) is 9.28. The van der Waals surface area contributed by atoms with E-state index in [2.05, 4.69) is 0 Å². The molecule has 1 atom stereocenters. The number of alkyl halides is 3. The van der Waals surface area contributed by atoms with Crippen LogP contribution in [0.1, 0.15) is 20.8 Å². The van der Waals surface area contributed by atoms with Gasteiger partial charge >= 0.3 is 0 Å². The second-order valence-electron chi connectivity index (χ2n) is 3.14. The highest BCUT2D eigenvalue weighted by atomic mass is 19.3. The maximum absolute atomic E-state index is 13.2. The molecule has 0 aromatic carbocycles. The fourth-order valence-electron chi connectivity index (χ4n) is 0.622. The van der Waals surface area contributed by atoms with Crippen molar-refractivity contribution in [1.29, 1.82) is 0 Å². The summed E-state index contributed by atoms with van der Waals surface area (Å²) in [4.78, 5) is 0. The first-order chi connectivity index (χ1) is 4.75. The van der Waals surface area contributed by atoms with Crippen LogP contribution in [0.5, 0.6) is 0 Å². The topological polar surface area (TPSA) is 26.0 Å². The van der Waals surface area contributed by atoms with Crippen molar-refractivity contribution in [2.24, 2.45) is 11.7 Å². The summed E-state index contributed by atoms with van der Waals surface area (Å²) in [7, 11) is 0. The number of hydrogen-bond acceptors (Lipinski definition) is 1. The van der Waals surface area contributed by atoms with Gasteiger partial charge < -0.3 is 5.73 Å². The number of halogens is 3. The van der Waals surface area contributed by atoms with Crippen LogP contribution in [0.15, 0.2) is 0 Å². The zero-order valence-corrected chi connectivity index (χ0v) is 7.00. The number of hydrogen-bond donors (Lipinski definition) is 1. The van der Waals surface area contributed by atoms with Crippen molar-refractivity contribution in [3.05, 3.63) is 0 Å². The van der Waals surface area contributed by atoms with Crippen LogP contribution in [0, 0.1) is 5.92 Å². The molecular weight excluding hydrogens is 155 g/mol. The standard InChI is InChI=1S/C7H14F3N/c1-5(2)6(3,8)7(9,10)4-11/h5H,4,11H2,1-3H3.